The summed E-state index contributed by atoms with van der Waals surface area (Å²) in [5, 5.41) is 9.26. The highest BCUT2D eigenvalue weighted by Crippen LogP contribution is 2.38. The van der Waals surface area contributed by atoms with Gasteiger partial charge in [0.15, 0.2) is 0 Å². The summed E-state index contributed by atoms with van der Waals surface area (Å²) in [6.45, 7) is 0.715. The molecule has 0 aromatic heterocycles. The van der Waals surface area contributed by atoms with Gasteiger partial charge in [-0.1, -0.05) is 30.3 Å². The molecule has 88 valence electrons. The van der Waals surface area contributed by atoms with E-state index in [9.17, 15) is 5.26 Å². The van der Waals surface area contributed by atoms with Crippen molar-refractivity contribution in [3.63, 3.8) is 0 Å². The van der Waals surface area contributed by atoms with E-state index in [2.05, 4.69) is 23.1 Å². The highest BCUT2D eigenvalue weighted by Gasteiger charge is 2.42. The minimum atomic E-state index is 0.0152. The van der Waals surface area contributed by atoms with Crippen molar-refractivity contribution >= 4 is 0 Å². The topological polar surface area (TPSA) is 36.3 Å². The lowest BCUT2D eigenvalue weighted by Crippen LogP contribution is -2.43. The molecule has 2 aliphatic heterocycles. The largest absolute Gasteiger partial charge is 0.361 e. The first-order chi connectivity index (χ1) is 8.40. The molecule has 2 aliphatic rings. The van der Waals surface area contributed by atoms with Crippen molar-refractivity contribution in [3.8, 4) is 6.07 Å². The van der Waals surface area contributed by atoms with Crippen molar-refractivity contribution in [2.45, 2.75) is 37.6 Å². The number of hydrogen-bond donors (Lipinski definition) is 0. The lowest BCUT2D eigenvalue weighted by molar-refractivity contribution is -0.0121. The number of rotatable bonds is 1. The van der Waals surface area contributed by atoms with Gasteiger partial charge in [-0.15, -0.1) is 0 Å². The van der Waals surface area contributed by atoms with Crippen LogP contribution in [0.3, 0.4) is 0 Å². The molecule has 0 aliphatic carbocycles. The number of piperidine rings is 1. The Bertz CT molecular complexity index is 426. The molecular weight excluding hydrogens is 212 g/mol. The van der Waals surface area contributed by atoms with Crippen LogP contribution in [-0.2, 0) is 4.74 Å². The highest BCUT2D eigenvalue weighted by atomic mass is 16.5. The van der Waals surface area contributed by atoms with Crippen LogP contribution in [0.1, 0.15) is 30.9 Å². The van der Waals surface area contributed by atoms with Gasteiger partial charge in [-0.25, -0.2) is 0 Å². The lowest BCUT2D eigenvalue weighted by Gasteiger charge is -2.35. The molecule has 2 heterocycles. The fourth-order valence-electron chi connectivity index (χ4n) is 2.94. The summed E-state index contributed by atoms with van der Waals surface area (Å²) < 4.78 is 5.83. The monoisotopic (exact) mass is 228 g/mol. The Morgan fingerprint density at radius 1 is 1.24 bits per heavy atom. The number of hydrogen-bond acceptors (Lipinski definition) is 3. The van der Waals surface area contributed by atoms with Crippen LogP contribution >= 0.6 is 0 Å². The van der Waals surface area contributed by atoms with Gasteiger partial charge in [0.1, 0.15) is 12.3 Å². The van der Waals surface area contributed by atoms with E-state index in [0.717, 1.165) is 19.3 Å². The molecule has 0 spiro atoms. The Morgan fingerprint density at radius 2 is 2.06 bits per heavy atom. The molecule has 3 atom stereocenters. The first-order valence-electron chi connectivity index (χ1n) is 6.24. The third kappa shape index (κ3) is 1.84. The van der Waals surface area contributed by atoms with E-state index in [-0.39, 0.29) is 18.3 Å². The quantitative estimate of drug-likeness (QED) is 0.740. The second kappa shape index (κ2) is 4.48. The van der Waals surface area contributed by atoms with Crippen molar-refractivity contribution < 1.29 is 4.74 Å². The van der Waals surface area contributed by atoms with Crippen molar-refractivity contribution in [2.75, 3.05) is 6.61 Å². The summed E-state index contributed by atoms with van der Waals surface area (Å²) in [5.74, 6) is 0. The summed E-state index contributed by atoms with van der Waals surface area (Å²) in [7, 11) is 0. The molecule has 3 nitrogen and oxygen atoms in total. The maximum Gasteiger partial charge on any atom is 0.112 e. The molecule has 3 rings (SSSR count). The average Bonchev–Trinajstić information content (AvgIpc) is 2.83. The van der Waals surface area contributed by atoms with E-state index < -0.39 is 0 Å². The fraction of sp³-hybridized carbons (Fsp3) is 0.500. The van der Waals surface area contributed by atoms with Gasteiger partial charge >= 0.3 is 0 Å². The first-order valence-corrected chi connectivity index (χ1v) is 6.24. The average molecular weight is 228 g/mol. The van der Waals surface area contributed by atoms with Crippen LogP contribution in [-0.4, -0.2) is 23.8 Å². The Morgan fingerprint density at radius 3 is 2.82 bits per heavy atom. The second-order valence-electron chi connectivity index (χ2n) is 4.74. The van der Waals surface area contributed by atoms with Gasteiger partial charge in [0.2, 0.25) is 0 Å². The summed E-state index contributed by atoms with van der Waals surface area (Å²) in [5.41, 5.74) is 1.26. The number of fused-ring (bicyclic) bond motifs is 1. The zero-order valence-corrected chi connectivity index (χ0v) is 9.75. The molecule has 0 radical (unpaired) electrons. The zero-order valence-electron chi connectivity index (χ0n) is 9.75. The Balaban J connectivity index is 1.89. The van der Waals surface area contributed by atoms with E-state index >= 15 is 0 Å². The van der Waals surface area contributed by atoms with Gasteiger partial charge in [-0.05, 0) is 24.8 Å². The molecule has 2 saturated heterocycles. The van der Waals surface area contributed by atoms with Gasteiger partial charge in [0.05, 0.1) is 18.7 Å². The summed E-state index contributed by atoms with van der Waals surface area (Å²) >= 11 is 0. The molecule has 3 heteroatoms. The molecule has 0 bridgehead atoms. The summed E-state index contributed by atoms with van der Waals surface area (Å²) in [6.07, 6.45) is 3.28. The predicted molar refractivity (Wildman–Crippen MR) is 64.0 cm³/mol. The van der Waals surface area contributed by atoms with Gasteiger partial charge in [-0.2, -0.15) is 5.26 Å². The number of nitriles is 1. The fourth-order valence-corrected chi connectivity index (χ4v) is 2.94. The van der Waals surface area contributed by atoms with Crippen molar-refractivity contribution in [2.24, 2.45) is 0 Å². The molecule has 1 aromatic rings. The van der Waals surface area contributed by atoms with Crippen LogP contribution in [0.5, 0.6) is 0 Å². The summed E-state index contributed by atoms with van der Waals surface area (Å²) in [4.78, 5) is 2.26. The Hall–Kier alpha value is -1.37. The van der Waals surface area contributed by atoms with Crippen LogP contribution in [0.25, 0.3) is 0 Å². The molecular formula is C14H16N2O. The minimum Gasteiger partial charge on any atom is -0.361 e. The van der Waals surface area contributed by atoms with Gasteiger partial charge in [0.25, 0.3) is 0 Å². The van der Waals surface area contributed by atoms with Crippen molar-refractivity contribution in [1.29, 1.82) is 5.26 Å². The summed E-state index contributed by atoms with van der Waals surface area (Å²) in [6, 6.07) is 13.1. The van der Waals surface area contributed by atoms with E-state index in [1.807, 2.05) is 18.2 Å². The smallest absolute Gasteiger partial charge is 0.112 e. The zero-order chi connectivity index (χ0) is 11.7. The third-order valence-electron chi connectivity index (χ3n) is 3.76. The molecule has 1 aromatic carbocycles. The van der Waals surface area contributed by atoms with Crippen molar-refractivity contribution in [1.82, 2.24) is 4.90 Å². The van der Waals surface area contributed by atoms with E-state index in [1.54, 1.807) is 0 Å². The maximum atomic E-state index is 9.26. The van der Waals surface area contributed by atoms with Crippen molar-refractivity contribution in [3.05, 3.63) is 35.9 Å². The normalized spacial score (nSPS) is 33.0. The molecule has 0 N–H and O–H groups in total. The third-order valence-corrected chi connectivity index (χ3v) is 3.76. The van der Waals surface area contributed by atoms with Crippen LogP contribution in [0.15, 0.2) is 30.3 Å². The van der Waals surface area contributed by atoms with E-state index in [1.165, 1.54) is 5.56 Å². The highest BCUT2D eigenvalue weighted by molar-refractivity contribution is 5.21. The Labute approximate surface area is 102 Å². The van der Waals surface area contributed by atoms with Gasteiger partial charge in [0, 0.05) is 0 Å². The van der Waals surface area contributed by atoms with Crippen LogP contribution < -0.4 is 0 Å². The number of benzene rings is 1. The minimum absolute atomic E-state index is 0.0152. The SMILES string of the molecule is N#C[C@@H]1CCC[C@H]2OC[C@H](c3ccccc3)N12. The van der Waals surface area contributed by atoms with Gasteiger partial charge < -0.3 is 4.74 Å². The standard InChI is InChI=1S/C14H16N2O/c15-9-12-7-4-8-14-16(12)13(10-17-14)11-5-2-1-3-6-11/h1-3,5-6,12-14H,4,7-8,10H2/t12-,13+,14+/m0/s1. The first kappa shape index (κ1) is 10.8. The molecule has 17 heavy (non-hydrogen) atoms. The molecule has 0 amide bonds. The lowest BCUT2D eigenvalue weighted by atomic mass is 9.98. The Kier molecular flexibility index (Phi) is 2.84. The number of ether oxygens (including phenoxy) is 1. The number of nitrogens with zero attached hydrogens (tertiary/aromatic N) is 2. The second-order valence-corrected chi connectivity index (χ2v) is 4.74. The van der Waals surface area contributed by atoms with Gasteiger partial charge in [-0.3, -0.25) is 4.90 Å². The van der Waals surface area contributed by atoms with Crippen LogP contribution in [0.2, 0.25) is 0 Å². The van der Waals surface area contributed by atoms with Crippen LogP contribution in [0, 0.1) is 11.3 Å². The molecule has 0 saturated carbocycles. The molecule has 0 unspecified atom stereocenters. The predicted octanol–water partition coefficient (Wildman–Crippen LogP) is 2.46. The van der Waals surface area contributed by atoms with E-state index in [0.29, 0.717) is 6.61 Å². The van der Waals surface area contributed by atoms with Crippen LogP contribution in [0.4, 0.5) is 0 Å². The maximum absolute atomic E-state index is 9.26. The van der Waals surface area contributed by atoms with E-state index in [4.69, 9.17) is 4.74 Å². The molecule has 2 fully saturated rings.